The predicted octanol–water partition coefficient (Wildman–Crippen LogP) is 3.45. The van der Waals surface area contributed by atoms with E-state index in [2.05, 4.69) is 10.2 Å². The second kappa shape index (κ2) is 8.43. The standard InChI is InChI=1S/C20H28N4O3S/c1-12(2)24(13(3)4)19(25)14(5)28-20-22-21-18(23(20)6)17-11-26-15-9-7-8-10-16(15)27-17/h7-10,12-14,17H,11H2,1-6H3. The molecule has 152 valence electrons. The molecular formula is C20H28N4O3S. The summed E-state index contributed by atoms with van der Waals surface area (Å²) in [7, 11) is 1.89. The van der Waals surface area contributed by atoms with Crippen LogP contribution in [0.2, 0.25) is 0 Å². The fraction of sp³-hybridized carbons (Fsp3) is 0.550. The monoisotopic (exact) mass is 404 g/mol. The fourth-order valence-corrected chi connectivity index (χ4v) is 4.26. The molecule has 1 aliphatic heterocycles. The van der Waals surface area contributed by atoms with Crippen LogP contribution in [0.1, 0.15) is 46.5 Å². The molecule has 2 unspecified atom stereocenters. The fourth-order valence-electron chi connectivity index (χ4n) is 3.38. The van der Waals surface area contributed by atoms with Crippen molar-refractivity contribution in [3.05, 3.63) is 30.1 Å². The van der Waals surface area contributed by atoms with E-state index in [-0.39, 0.29) is 29.3 Å². The number of carbonyl (C=O) groups excluding carboxylic acids is 1. The number of hydrogen-bond acceptors (Lipinski definition) is 6. The molecule has 0 saturated carbocycles. The third-order valence-corrected chi connectivity index (χ3v) is 5.78. The van der Waals surface area contributed by atoms with E-state index in [4.69, 9.17) is 9.47 Å². The Morgan fingerprint density at radius 3 is 2.43 bits per heavy atom. The summed E-state index contributed by atoms with van der Waals surface area (Å²) in [5.74, 6) is 2.22. The van der Waals surface area contributed by atoms with E-state index in [0.717, 1.165) is 5.75 Å². The van der Waals surface area contributed by atoms with Gasteiger partial charge in [0.05, 0.1) is 5.25 Å². The Labute approximate surface area is 170 Å². The molecule has 0 N–H and O–H groups in total. The lowest BCUT2D eigenvalue weighted by atomic mass is 10.2. The Morgan fingerprint density at radius 2 is 1.79 bits per heavy atom. The molecule has 1 aliphatic rings. The number of amides is 1. The van der Waals surface area contributed by atoms with E-state index < -0.39 is 0 Å². The van der Waals surface area contributed by atoms with Crippen LogP contribution < -0.4 is 9.47 Å². The van der Waals surface area contributed by atoms with Crippen molar-refractivity contribution in [3.63, 3.8) is 0 Å². The molecule has 2 heterocycles. The van der Waals surface area contributed by atoms with Gasteiger partial charge in [0.15, 0.2) is 28.6 Å². The summed E-state index contributed by atoms with van der Waals surface area (Å²) in [6.45, 7) is 10.4. The van der Waals surface area contributed by atoms with Gasteiger partial charge in [0, 0.05) is 19.1 Å². The summed E-state index contributed by atoms with van der Waals surface area (Å²) >= 11 is 1.41. The van der Waals surface area contributed by atoms with Gasteiger partial charge in [-0.05, 0) is 46.8 Å². The van der Waals surface area contributed by atoms with Gasteiger partial charge in [0.1, 0.15) is 6.61 Å². The topological polar surface area (TPSA) is 69.5 Å². The zero-order valence-corrected chi connectivity index (χ0v) is 18.1. The minimum absolute atomic E-state index is 0.103. The first-order valence-corrected chi connectivity index (χ1v) is 10.4. The van der Waals surface area contributed by atoms with Crippen molar-refractivity contribution >= 4 is 17.7 Å². The molecule has 8 heteroatoms. The van der Waals surface area contributed by atoms with Crippen LogP contribution in [0, 0.1) is 0 Å². The number of rotatable bonds is 6. The van der Waals surface area contributed by atoms with Crippen LogP contribution in [0.15, 0.2) is 29.4 Å². The van der Waals surface area contributed by atoms with E-state index in [9.17, 15) is 4.79 Å². The van der Waals surface area contributed by atoms with Crippen molar-refractivity contribution in [1.82, 2.24) is 19.7 Å². The molecule has 0 saturated heterocycles. The summed E-state index contributed by atoms with van der Waals surface area (Å²) in [5, 5.41) is 9.02. The van der Waals surface area contributed by atoms with Gasteiger partial charge in [-0.25, -0.2) is 0 Å². The maximum atomic E-state index is 12.9. The minimum Gasteiger partial charge on any atom is -0.485 e. The molecule has 3 rings (SSSR count). The lowest BCUT2D eigenvalue weighted by molar-refractivity contribution is -0.133. The first-order chi connectivity index (χ1) is 13.3. The molecule has 0 fully saturated rings. The summed E-state index contributed by atoms with van der Waals surface area (Å²) in [4.78, 5) is 14.8. The van der Waals surface area contributed by atoms with Gasteiger partial charge >= 0.3 is 0 Å². The second-order valence-corrected chi connectivity index (χ2v) is 8.77. The number of aromatic nitrogens is 3. The van der Waals surface area contributed by atoms with Crippen molar-refractivity contribution < 1.29 is 14.3 Å². The molecule has 7 nitrogen and oxygen atoms in total. The molecule has 2 atom stereocenters. The first-order valence-electron chi connectivity index (χ1n) is 9.56. The van der Waals surface area contributed by atoms with E-state index >= 15 is 0 Å². The predicted molar refractivity (Wildman–Crippen MR) is 109 cm³/mol. The van der Waals surface area contributed by atoms with Crippen LogP contribution in [0.4, 0.5) is 0 Å². The number of benzene rings is 1. The van der Waals surface area contributed by atoms with Crippen LogP contribution in [0.5, 0.6) is 11.5 Å². The van der Waals surface area contributed by atoms with Gasteiger partial charge in [-0.2, -0.15) is 0 Å². The summed E-state index contributed by atoms with van der Waals surface area (Å²) in [6.07, 6.45) is -0.337. The number of hydrogen-bond donors (Lipinski definition) is 0. The van der Waals surface area contributed by atoms with Gasteiger partial charge in [-0.15, -0.1) is 10.2 Å². The average molecular weight is 405 g/mol. The Balaban J connectivity index is 1.72. The zero-order chi connectivity index (χ0) is 20.4. The maximum Gasteiger partial charge on any atom is 0.236 e. The second-order valence-electron chi connectivity index (χ2n) is 7.46. The van der Waals surface area contributed by atoms with Crippen LogP contribution in [-0.2, 0) is 11.8 Å². The number of ether oxygens (including phenoxy) is 2. The summed E-state index contributed by atoms with van der Waals surface area (Å²) in [5.41, 5.74) is 0. The normalized spacial score (nSPS) is 17.1. The maximum absolute atomic E-state index is 12.9. The first kappa shape index (κ1) is 20.5. The smallest absolute Gasteiger partial charge is 0.236 e. The van der Waals surface area contributed by atoms with Crippen molar-refractivity contribution in [2.45, 2.75) is 63.2 Å². The van der Waals surface area contributed by atoms with Gasteiger partial charge in [-0.3, -0.25) is 4.79 Å². The highest BCUT2D eigenvalue weighted by Gasteiger charge is 2.30. The van der Waals surface area contributed by atoms with Gasteiger partial charge in [0.2, 0.25) is 5.91 Å². The molecule has 28 heavy (non-hydrogen) atoms. The van der Waals surface area contributed by atoms with Gasteiger partial charge in [0.25, 0.3) is 0 Å². The number of thioether (sulfide) groups is 1. The van der Waals surface area contributed by atoms with Crippen molar-refractivity contribution in [2.24, 2.45) is 7.05 Å². The van der Waals surface area contributed by atoms with Crippen LogP contribution in [-0.4, -0.2) is 49.5 Å². The molecule has 0 spiro atoms. The quantitative estimate of drug-likeness (QED) is 0.687. The number of nitrogens with zero attached hydrogens (tertiary/aromatic N) is 4. The van der Waals surface area contributed by atoms with Crippen LogP contribution >= 0.6 is 11.8 Å². The van der Waals surface area contributed by atoms with Crippen molar-refractivity contribution in [1.29, 1.82) is 0 Å². The number of fused-ring (bicyclic) bond motifs is 1. The van der Waals surface area contributed by atoms with Gasteiger partial charge in [-0.1, -0.05) is 23.9 Å². The Bertz CT molecular complexity index is 829. The Kier molecular flexibility index (Phi) is 6.17. The highest BCUT2D eigenvalue weighted by atomic mass is 32.2. The third-order valence-electron chi connectivity index (χ3n) is 4.66. The molecule has 0 aliphatic carbocycles. The molecule has 0 bridgehead atoms. The van der Waals surface area contributed by atoms with E-state index in [1.165, 1.54) is 11.8 Å². The number of para-hydroxylation sites is 2. The average Bonchev–Trinajstić information content (AvgIpc) is 3.01. The summed E-state index contributed by atoms with van der Waals surface area (Å²) < 4.78 is 13.7. The van der Waals surface area contributed by atoms with E-state index in [1.54, 1.807) is 0 Å². The van der Waals surface area contributed by atoms with Crippen molar-refractivity contribution in [2.75, 3.05) is 6.61 Å². The number of carbonyl (C=O) groups is 1. The highest BCUT2D eigenvalue weighted by Crippen LogP contribution is 2.36. The summed E-state index contributed by atoms with van der Waals surface area (Å²) in [6, 6.07) is 7.88. The SMILES string of the molecule is CC(Sc1nnc(C2COc3ccccc3O2)n1C)C(=O)N(C(C)C)C(C)C. The molecule has 1 aromatic heterocycles. The zero-order valence-electron chi connectivity index (χ0n) is 17.2. The van der Waals surface area contributed by atoms with Crippen LogP contribution in [0.25, 0.3) is 0 Å². The third kappa shape index (κ3) is 4.11. The van der Waals surface area contributed by atoms with E-state index in [1.807, 2.05) is 75.4 Å². The highest BCUT2D eigenvalue weighted by molar-refractivity contribution is 8.00. The molecule has 2 aromatic rings. The van der Waals surface area contributed by atoms with Crippen LogP contribution in [0.3, 0.4) is 0 Å². The Hall–Kier alpha value is -2.22. The largest absolute Gasteiger partial charge is 0.485 e. The molecule has 0 radical (unpaired) electrons. The molecule has 1 aromatic carbocycles. The lowest BCUT2D eigenvalue weighted by Gasteiger charge is -2.32. The Morgan fingerprint density at radius 1 is 1.14 bits per heavy atom. The minimum atomic E-state index is -0.337. The van der Waals surface area contributed by atoms with E-state index in [0.29, 0.717) is 23.3 Å². The molecular weight excluding hydrogens is 376 g/mol. The van der Waals surface area contributed by atoms with Crippen molar-refractivity contribution in [3.8, 4) is 11.5 Å². The lowest BCUT2D eigenvalue weighted by Crippen LogP contribution is -2.45. The molecule has 1 amide bonds. The van der Waals surface area contributed by atoms with Gasteiger partial charge < -0.3 is 18.9 Å².